The number of hydrogen-bond acceptors (Lipinski definition) is 6. The van der Waals surface area contributed by atoms with Gasteiger partial charge in [0.05, 0.1) is 24.7 Å². The number of benzene rings is 3. The van der Waals surface area contributed by atoms with Gasteiger partial charge in [-0.3, -0.25) is 9.63 Å². The van der Waals surface area contributed by atoms with Crippen molar-refractivity contribution in [1.82, 2.24) is 9.79 Å². The summed E-state index contributed by atoms with van der Waals surface area (Å²) in [5.74, 6) is -0.686. The molecule has 8 nitrogen and oxygen atoms in total. The Labute approximate surface area is 212 Å². The standard InChI is InChI=1S/C27H32N2O6S/c1-20(2)26(30)25(27(31)28-35-19-22-12-8-5-9-13-22)29(18-21-10-6-4-7-11-21)36(32,33)24-16-14-23(34-3)15-17-24/h4-17,20,25-26,30H,18-19H2,1-3H3,(H,28,31). The van der Waals surface area contributed by atoms with Gasteiger partial charge in [-0.2, -0.15) is 4.31 Å². The zero-order valence-corrected chi connectivity index (χ0v) is 21.4. The Hall–Kier alpha value is -3.24. The molecule has 0 fully saturated rings. The van der Waals surface area contributed by atoms with Gasteiger partial charge in [0.1, 0.15) is 11.8 Å². The number of ether oxygens (including phenoxy) is 1. The molecule has 0 aliphatic heterocycles. The summed E-state index contributed by atoms with van der Waals surface area (Å²) in [6, 6.07) is 22.6. The van der Waals surface area contributed by atoms with Crippen LogP contribution >= 0.6 is 0 Å². The first-order valence-electron chi connectivity index (χ1n) is 11.6. The first-order valence-corrected chi connectivity index (χ1v) is 13.0. The van der Waals surface area contributed by atoms with E-state index in [4.69, 9.17) is 9.57 Å². The number of aliphatic hydroxyl groups is 1. The van der Waals surface area contributed by atoms with Crippen molar-refractivity contribution in [3.63, 3.8) is 0 Å². The first-order chi connectivity index (χ1) is 17.2. The highest BCUT2D eigenvalue weighted by atomic mass is 32.2. The van der Waals surface area contributed by atoms with Gasteiger partial charge in [-0.15, -0.1) is 0 Å². The number of hydrogen-bond donors (Lipinski definition) is 2. The number of aliphatic hydroxyl groups excluding tert-OH is 1. The lowest BCUT2D eigenvalue weighted by Crippen LogP contribution is -2.56. The van der Waals surface area contributed by atoms with E-state index in [0.29, 0.717) is 11.3 Å². The van der Waals surface area contributed by atoms with Crippen molar-refractivity contribution in [1.29, 1.82) is 0 Å². The number of nitrogens with zero attached hydrogens (tertiary/aromatic N) is 1. The minimum Gasteiger partial charge on any atom is -0.497 e. The molecule has 3 aromatic rings. The molecule has 2 atom stereocenters. The van der Waals surface area contributed by atoms with Crippen molar-refractivity contribution < 1.29 is 27.9 Å². The Morgan fingerprint density at radius 1 is 0.917 bits per heavy atom. The lowest BCUT2D eigenvalue weighted by molar-refractivity contribution is -0.143. The average Bonchev–Trinajstić information content (AvgIpc) is 2.89. The largest absolute Gasteiger partial charge is 0.497 e. The molecule has 36 heavy (non-hydrogen) atoms. The number of hydroxylamine groups is 1. The van der Waals surface area contributed by atoms with Crippen molar-refractivity contribution in [2.24, 2.45) is 5.92 Å². The highest BCUT2D eigenvalue weighted by Crippen LogP contribution is 2.26. The van der Waals surface area contributed by atoms with E-state index in [2.05, 4.69) is 5.48 Å². The molecular weight excluding hydrogens is 480 g/mol. The Morgan fingerprint density at radius 2 is 1.47 bits per heavy atom. The third-order valence-corrected chi connectivity index (χ3v) is 7.53. The van der Waals surface area contributed by atoms with Crippen LogP contribution in [0.4, 0.5) is 0 Å². The van der Waals surface area contributed by atoms with Gasteiger partial charge in [-0.1, -0.05) is 74.5 Å². The fraction of sp³-hybridized carbons (Fsp3) is 0.296. The molecule has 2 N–H and O–H groups in total. The SMILES string of the molecule is COc1ccc(S(=O)(=O)N(Cc2ccccc2)C(C(=O)NOCc2ccccc2)C(O)C(C)C)cc1. The van der Waals surface area contributed by atoms with Gasteiger partial charge in [0.15, 0.2) is 0 Å². The second-order valence-electron chi connectivity index (χ2n) is 8.63. The summed E-state index contributed by atoms with van der Waals surface area (Å²) in [6.45, 7) is 3.39. The van der Waals surface area contributed by atoms with E-state index < -0.39 is 34.0 Å². The predicted octanol–water partition coefficient (Wildman–Crippen LogP) is 3.52. The summed E-state index contributed by atoms with van der Waals surface area (Å²) in [6.07, 6.45) is -1.30. The maximum absolute atomic E-state index is 13.9. The normalized spacial score (nSPS) is 13.4. The van der Waals surface area contributed by atoms with Gasteiger partial charge in [0.25, 0.3) is 5.91 Å². The van der Waals surface area contributed by atoms with Gasteiger partial charge in [0, 0.05) is 6.54 Å². The van der Waals surface area contributed by atoms with E-state index in [1.165, 1.54) is 31.4 Å². The smallest absolute Gasteiger partial charge is 0.264 e. The van der Waals surface area contributed by atoms with Crippen molar-refractivity contribution in [3.8, 4) is 5.75 Å². The number of nitrogens with one attached hydrogen (secondary N) is 1. The number of sulfonamides is 1. The van der Waals surface area contributed by atoms with Crippen LogP contribution in [-0.4, -0.2) is 43.0 Å². The number of carbonyl (C=O) groups is 1. The predicted molar refractivity (Wildman–Crippen MR) is 136 cm³/mol. The molecule has 0 heterocycles. The summed E-state index contributed by atoms with van der Waals surface area (Å²) < 4.78 is 33.9. The zero-order chi connectivity index (χ0) is 26.1. The van der Waals surface area contributed by atoms with Gasteiger partial charge < -0.3 is 9.84 Å². The van der Waals surface area contributed by atoms with Gasteiger partial charge >= 0.3 is 0 Å². The van der Waals surface area contributed by atoms with E-state index >= 15 is 0 Å². The van der Waals surface area contributed by atoms with Crippen LogP contribution in [-0.2, 0) is 32.8 Å². The quantitative estimate of drug-likeness (QED) is 0.360. The molecule has 192 valence electrons. The maximum atomic E-state index is 13.9. The minimum absolute atomic E-state index is 0.0295. The Bertz CT molecular complexity index is 1200. The number of methoxy groups -OCH3 is 1. The molecule has 3 aromatic carbocycles. The molecule has 3 rings (SSSR count). The van der Waals surface area contributed by atoms with E-state index in [1.807, 2.05) is 36.4 Å². The van der Waals surface area contributed by atoms with Gasteiger partial charge in [-0.25, -0.2) is 13.9 Å². The molecule has 0 bridgehead atoms. The van der Waals surface area contributed by atoms with Crippen molar-refractivity contribution >= 4 is 15.9 Å². The lowest BCUT2D eigenvalue weighted by atomic mass is 9.99. The molecule has 0 spiro atoms. The Kier molecular flexibility index (Phi) is 9.60. The van der Waals surface area contributed by atoms with E-state index in [1.54, 1.807) is 38.1 Å². The number of carbonyl (C=O) groups excluding carboxylic acids is 1. The molecule has 9 heteroatoms. The summed E-state index contributed by atoms with van der Waals surface area (Å²) >= 11 is 0. The molecule has 0 aromatic heterocycles. The van der Waals surface area contributed by atoms with Crippen LogP contribution in [0.2, 0.25) is 0 Å². The zero-order valence-electron chi connectivity index (χ0n) is 20.6. The fourth-order valence-corrected chi connectivity index (χ4v) is 5.21. The third kappa shape index (κ3) is 6.92. The second-order valence-corrected chi connectivity index (χ2v) is 10.5. The second kappa shape index (κ2) is 12.6. The lowest BCUT2D eigenvalue weighted by Gasteiger charge is -2.34. The maximum Gasteiger partial charge on any atom is 0.264 e. The fourth-order valence-electron chi connectivity index (χ4n) is 3.63. The molecule has 1 amide bonds. The highest BCUT2D eigenvalue weighted by Gasteiger charge is 2.41. The van der Waals surface area contributed by atoms with Crippen molar-refractivity contribution in [2.45, 2.75) is 44.0 Å². The van der Waals surface area contributed by atoms with Gasteiger partial charge in [0.2, 0.25) is 10.0 Å². The topological polar surface area (TPSA) is 105 Å². The van der Waals surface area contributed by atoms with Gasteiger partial charge in [-0.05, 0) is 41.3 Å². The van der Waals surface area contributed by atoms with Crippen LogP contribution in [0.5, 0.6) is 5.75 Å². The monoisotopic (exact) mass is 512 g/mol. The van der Waals surface area contributed by atoms with Crippen LogP contribution in [0.1, 0.15) is 25.0 Å². The molecule has 0 radical (unpaired) electrons. The molecule has 0 aliphatic carbocycles. The Morgan fingerprint density at radius 3 is 2.00 bits per heavy atom. The summed E-state index contributed by atoms with van der Waals surface area (Å²) in [5.41, 5.74) is 3.84. The molecular formula is C27H32N2O6S. The van der Waals surface area contributed by atoms with Crippen molar-refractivity contribution in [3.05, 3.63) is 96.1 Å². The van der Waals surface area contributed by atoms with E-state index in [9.17, 15) is 18.3 Å². The Balaban J connectivity index is 1.97. The number of rotatable bonds is 12. The van der Waals surface area contributed by atoms with Crippen LogP contribution in [0, 0.1) is 5.92 Å². The summed E-state index contributed by atoms with van der Waals surface area (Å²) in [5, 5.41) is 11.1. The van der Waals surface area contributed by atoms with Crippen molar-refractivity contribution in [2.75, 3.05) is 7.11 Å². The molecule has 0 aliphatic rings. The van der Waals surface area contributed by atoms with Crippen LogP contribution in [0.25, 0.3) is 0 Å². The molecule has 0 saturated carbocycles. The minimum atomic E-state index is -4.22. The van der Waals surface area contributed by atoms with E-state index in [-0.39, 0.29) is 18.0 Å². The third-order valence-electron chi connectivity index (χ3n) is 5.69. The van der Waals surface area contributed by atoms with Crippen LogP contribution < -0.4 is 10.2 Å². The molecule has 0 saturated heterocycles. The molecule has 2 unspecified atom stereocenters. The van der Waals surface area contributed by atoms with Crippen LogP contribution in [0.15, 0.2) is 89.8 Å². The van der Waals surface area contributed by atoms with Crippen LogP contribution in [0.3, 0.4) is 0 Å². The average molecular weight is 513 g/mol. The first kappa shape index (κ1) is 27.3. The summed E-state index contributed by atoms with van der Waals surface area (Å²) in [4.78, 5) is 18.7. The number of amides is 1. The van der Waals surface area contributed by atoms with E-state index in [0.717, 1.165) is 9.87 Å². The summed E-state index contributed by atoms with van der Waals surface area (Å²) in [7, 11) is -2.74. The highest BCUT2D eigenvalue weighted by molar-refractivity contribution is 7.89.